The first-order valence-corrected chi connectivity index (χ1v) is 10.8. The summed E-state index contributed by atoms with van der Waals surface area (Å²) in [5.41, 5.74) is 0. The van der Waals surface area contributed by atoms with Gasteiger partial charge in [0.1, 0.15) is 5.75 Å². The van der Waals surface area contributed by atoms with Crippen LogP contribution in [0.15, 0.2) is 30.3 Å². The molecule has 0 aliphatic carbocycles. The summed E-state index contributed by atoms with van der Waals surface area (Å²) >= 11 is 0. The Balaban J connectivity index is 2.28. The molecular formula is C24H34O5. The molecule has 0 fully saturated rings. The molecule has 0 N–H and O–H groups in total. The zero-order valence-electron chi connectivity index (χ0n) is 18.0. The van der Waals surface area contributed by atoms with Crippen molar-refractivity contribution >= 4 is 16.9 Å². The highest BCUT2D eigenvalue weighted by Gasteiger charge is 2.18. The Morgan fingerprint density at radius 1 is 0.793 bits per heavy atom. The molecule has 0 spiro atoms. The number of methoxy groups -OCH3 is 1. The van der Waals surface area contributed by atoms with Crippen LogP contribution < -0.4 is 14.2 Å². The van der Waals surface area contributed by atoms with Crippen molar-refractivity contribution in [1.82, 2.24) is 0 Å². The summed E-state index contributed by atoms with van der Waals surface area (Å²) in [4.78, 5) is 11.7. The van der Waals surface area contributed by atoms with Gasteiger partial charge in [-0.1, -0.05) is 76.6 Å². The maximum Gasteiger partial charge on any atom is 0.513 e. The van der Waals surface area contributed by atoms with Gasteiger partial charge in [-0.05, 0) is 12.8 Å². The summed E-state index contributed by atoms with van der Waals surface area (Å²) in [5.74, 6) is 1.73. The van der Waals surface area contributed by atoms with Crippen LogP contribution >= 0.6 is 0 Å². The van der Waals surface area contributed by atoms with E-state index in [0.717, 1.165) is 36.5 Å². The van der Waals surface area contributed by atoms with E-state index in [1.165, 1.54) is 32.8 Å². The molecule has 0 saturated carbocycles. The first-order chi connectivity index (χ1) is 14.2. The van der Waals surface area contributed by atoms with E-state index in [2.05, 4.69) is 18.6 Å². The van der Waals surface area contributed by atoms with Crippen LogP contribution in [0.25, 0.3) is 10.8 Å². The summed E-state index contributed by atoms with van der Waals surface area (Å²) in [6.45, 7) is 5.61. The third-order valence-electron chi connectivity index (χ3n) is 4.78. The van der Waals surface area contributed by atoms with E-state index >= 15 is 0 Å². The molecule has 0 aromatic heterocycles. The number of carbonyl (C=O) groups excluding carboxylic acids is 1. The lowest BCUT2D eigenvalue weighted by Crippen LogP contribution is -2.09. The number of carbonyl (C=O) groups is 1. The maximum absolute atomic E-state index is 11.7. The number of benzene rings is 2. The number of hydrogen-bond acceptors (Lipinski definition) is 5. The van der Waals surface area contributed by atoms with Gasteiger partial charge >= 0.3 is 6.16 Å². The predicted molar refractivity (Wildman–Crippen MR) is 116 cm³/mol. The van der Waals surface area contributed by atoms with Gasteiger partial charge in [0.15, 0.2) is 11.5 Å². The lowest BCUT2D eigenvalue weighted by molar-refractivity contribution is 0.122. The fourth-order valence-electron chi connectivity index (χ4n) is 3.18. The van der Waals surface area contributed by atoms with Gasteiger partial charge in [0.05, 0.1) is 20.3 Å². The van der Waals surface area contributed by atoms with Crippen LogP contribution in [0, 0.1) is 0 Å². The summed E-state index contributed by atoms with van der Waals surface area (Å²) in [6.07, 6.45) is 8.26. The van der Waals surface area contributed by atoms with Crippen LogP contribution in [0.1, 0.15) is 65.2 Å². The molecule has 0 saturated heterocycles. The van der Waals surface area contributed by atoms with Gasteiger partial charge < -0.3 is 18.9 Å². The van der Waals surface area contributed by atoms with Crippen molar-refractivity contribution in [3.63, 3.8) is 0 Å². The highest BCUT2D eigenvalue weighted by molar-refractivity contribution is 5.96. The molecule has 5 heteroatoms. The van der Waals surface area contributed by atoms with E-state index in [0.29, 0.717) is 30.5 Å². The average molecular weight is 403 g/mol. The summed E-state index contributed by atoms with van der Waals surface area (Å²) in [7, 11) is 1.30. The first kappa shape index (κ1) is 22.9. The molecule has 29 heavy (non-hydrogen) atoms. The van der Waals surface area contributed by atoms with Crippen molar-refractivity contribution in [2.75, 3.05) is 20.3 Å². The Morgan fingerprint density at radius 3 is 2.03 bits per heavy atom. The summed E-state index contributed by atoms with van der Waals surface area (Å²) < 4.78 is 22.3. The number of ether oxygens (including phenoxy) is 4. The Hall–Kier alpha value is -2.43. The smallest absolute Gasteiger partial charge is 0.490 e. The van der Waals surface area contributed by atoms with Gasteiger partial charge in [0.25, 0.3) is 0 Å². The van der Waals surface area contributed by atoms with Crippen LogP contribution in [0.2, 0.25) is 0 Å². The lowest BCUT2D eigenvalue weighted by atomic mass is 10.1. The molecule has 0 aliphatic rings. The molecule has 2 rings (SSSR count). The zero-order chi connectivity index (χ0) is 20.9. The van der Waals surface area contributed by atoms with E-state index in [4.69, 9.17) is 14.2 Å². The van der Waals surface area contributed by atoms with E-state index in [-0.39, 0.29) is 0 Å². The Morgan fingerprint density at radius 2 is 1.41 bits per heavy atom. The van der Waals surface area contributed by atoms with Gasteiger partial charge in [-0.3, -0.25) is 0 Å². The Labute approximate surface area is 174 Å². The van der Waals surface area contributed by atoms with Gasteiger partial charge in [0.2, 0.25) is 0 Å². The quantitative estimate of drug-likeness (QED) is 0.207. The topological polar surface area (TPSA) is 54.0 Å². The molecule has 0 atom stereocenters. The molecule has 0 radical (unpaired) electrons. The predicted octanol–water partition coefficient (Wildman–Crippen LogP) is 6.90. The first-order valence-electron chi connectivity index (χ1n) is 10.8. The van der Waals surface area contributed by atoms with Crippen molar-refractivity contribution < 1.29 is 23.7 Å². The van der Waals surface area contributed by atoms with E-state index in [9.17, 15) is 4.79 Å². The molecule has 0 amide bonds. The highest BCUT2D eigenvalue weighted by Crippen LogP contribution is 2.42. The second-order valence-electron chi connectivity index (χ2n) is 7.12. The molecular weight excluding hydrogens is 368 g/mol. The van der Waals surface area contributed by atoms with Gasteiger partial charge in [-0.15, -0.1) is 0 Å². The lowest BCUT2D eigenvalue weighted by Gasteiger charge is -2.17. The second-order valence-corrected chi connectivity index (χ2v) is 7.12. The van der Waals surface area contributed by atoms with Crippen LogP contribution in [-0.4, -0.2) is 26.5 Å². The van der Waals surface area contributed by atoms with Crippen molar-refractivity contribution in [1.29, 1.82) is 0 Å². The monoisotopic (exact) mass is 402 g/mol. The van der Waals surface area contributed by atoms with Crippen molar-refractivity contribution in [2.45, 2.75) is 65.2 Å². The molecule has 0 heterocycles. The van der Waals surface area contributed by atoms with Gasteiger partial charge in [-0.25, -0.2) is 4.79 Å². The minimum absolute atomic E-state index is 0.411. The molecule has 160 valence electrons. The minimum Gasteiger partial charge on any atom is -0.490 e. The van der Waals surface area contributed by atoms with E-state index < -0.39 is 6.16 Å². The SMILES string of the molecule is CCCCCCOc1cc(OC(=O)OC)c2ccccc2c1OCCCCCC. The molecule has 0 unspecified atom stereocenters. The van der Waals surface area contributed by atoms with E-state index in [1.54, 1.807) is 6.07 Å². The van der Waals surface area contributed by atoms with Crippen molar-refractivity contribution in [3.8, 4) is 17.2 Å². The van der Waals surface area contributed by atoms with Crippen LogP contribution in [-0.2, 0) is 4.74 Å². The number of unbranched alkanes of at least 4 members (excludes halogenated alkanes) is 6. The standard InChI is InChI=1S/C24H34O5/c1-4-6-8-12-16-27-22-18-21(29-24(25)26-3)19-14-10-11-15-20(19)23(22)28-17-13-9-7-5-2/h10-11,14-15,18H,4-9,12-13,16-17H2,1-3H3. The molecule has 5 nitrogen and oxygen atoms in total. The fraction of sp³-hybridized carbons (Fsp3) is 0.542. The number of hydrogen-bond donors (Lipinski definition) is 0. The number of rotatable bonds is 13. The van der Waals surface area contributed by atoms with E-state index in [1.807, 2.05) is 24.3 Å². The van der Waals surface area contributed by atoms with Crippen LogP contribution in [0.3, 0.4) is 0 Å². The highest BCUT2D eigenvalue weighted by atomic mass is 16.7. The maximum atomic E-state index is 11.7. The van der Waals surface area contributed by atoms with Crippen molar-refractivity contribution in [3.05, 3.63) is 30.3 Å². The van der Waals surface area contributed by atoms with Crippen LogP contribution in [0.5, 0.6) is 17.2 Å². The van der Waals surface area contributed by atoms with Gasteiger partial charge in [0, 0.05) is 16.8 Å². The molecule has 0 bridgehead atoms. The third kappa shape index (κ3) is 7.15. The third-order valence-corrected chi connectivity index (χ3v) is 4.78. The molecule has 2 aromatic carbocycles. The molecule has 2 aromatic rings. The van der Waals surface area contributed by atoms with Gasteiger partial charge in [-0.2, -0.15) is 0 Å². The molecule has 0 aliphatic heterocycles. The number of fused-ring (bicyclic) bond motifs is 1. The van der Waals surface area contributed by atoms with Crippen LogP contribution in [0.4, 0.5) is 4.79 Å². The fourth-order valence-corrected chi connectivity index (χ4v) is 3.18. The summed E-state index contributed by atoms with van der Waals surface area (Å²) in [6, 6.07) is 9.45. The second kappa shape index (κ2) is 12.9. The summed E-state index contributed by atoms with van der Waals surface area (Å²) in [5, 5.41) is 1.66. The van der Waals surface area contributed by atoms with Crippen molar-refractivity contribution in [2.24, 2.45) is 0 Å². The Kier molecular flexibility index (Phi) is 10.2. The normalized spacial score (nSPS) is 10.7. The minimum atomic E-state index is -0.753. The zero-order valence-corrected chi connectivity index (χ0v) is 18.0. The average Bonchev–Trinajstić information content (AvgIpc) is 2.74. The Bertz CT molecular complexity index is 756. The largest absolute Gasteiger partial charge is 0.513 e.